The number of piperidine rings is 2. The highest BCUT2D eigenvalue weighted by atomic mass is 16.6. The molecule has 1 N–H and O–H groups in total. The zero-order valence-corrected chi connectivity index (χ0v) is 20.2. The number of likely N-dealkylation sites (tertiary alicyclic amines) is 2. The smallest absolute Gasteiger partial charge is 0.410 e. The Bertz CT molecular complexity index is 622. The number of nitrogens with one attached hydrogen (secondary N) is 1. The third-order valence-electron chi connectivity index (χ3n) is 5.63. The van der Waals surface area contributed by atoms with Crippen LogP contribution >= 0.6 is 0 Å². The topological polar surface area (TPSA) is 88.2 Å². The van der Waals surface area contributed by atoms with Gasteiger partial charge in [-0.05, 0) is 79.1 Å². The predicted octanol–water partition coefficient (Wildman–Crippen LogP) is 3.79. The number of carbonyl (C=O) groups is 3. The van der Waals surface area contributed by atoms with Crippen LogP contribution in [0.4, 0.5) is 9.59 Å². The van der Waals surface area contributed by atoms with E-state index in [2.05, 4.69) is 5.32 Å². The highest BCUT2D eigenvalue weighted by molar-refractivity contribution is 5.76. The second-order valence-corrected chi connectivity index (χ2v) is 10.8. The number of rotatable bonds is 4. The quantitative estimate of drug-likeness (QED) is 0.720. The van der Waals surface area contributed by atoms with Crippen molar-refractivity contribution in [3.63, 3.8) is 0 Å². The molecular formula is C23H41N3O5. The van der Waals surface area contributed by atoms with Crippen LogP contribution < -0.4 is 5.32 Å². The maximum Gasteiger partial charge on any atom is 0.410 e. The van der Waals surface area contributed by atoms with E-state index in [-0.39, 0.29) is 18.1 Å². The molecule has 0 radical (unpaired) electrons. The van der Waals surface area contributed by atoms with Gasteiger partial charge in [-0.2, -0.15) is 0 Å². The lowest BCUT2D eigenvalue weighted by Crippen LogP contribution is -2.44. The van der Waals surface area contributed by atoms with Crippen molar-refractivity contribution in [2.75, 3.05) is 32.7 Å². The van der Waals surface area contributed by atoms with Crippen LogP contribution in [0.15, 0.2) is 0 Å². The molecule has 2 fully saturated rings. The summed E-state index contributed by atoms with van der Waals surface area (Å²) in [5, 5.41) is 2.84. The third kappa shape index (κ3) is 9.35. The summed E-state index contributed by atoms with van der Waals surface area (Å²) in [4.78, 5) is 40.4. The van der Waals surface area contributed by atoms with Gasteiger partial charge in [-0.25, -0.2) is 9.59 Å². The molecule has 0 aromatic carbocycles. The second kappa shape index (κ2) is 10.6. The van der Waals surface area contributed by atoms with Crippen LogP contribution in [-0.2, 0) is 14.3 Å². The molecule has 2 heterocycles. The van der Waals surface area contributed by atoms with Crippen molar-refractivity contribution < 1.29 is 23.9 Å². The normalized spacial score (nSPS) is 19.2. The number of carbonyl (C=O) groups excluding carboxylic acids is 3. The lowest BCUT2D eigenvalue weighted by molar-refractivity contribution is -0.133. The van der Waals surface area contributed by atoms with Crippen LogP contribution in [0.3, 0.4) is 0 Å². The maximum absolute atomic E-state index is 12.7. The molecule has 0 aromatic heterocycles. The Morgan fingerprint density at radius 3 is 1.77 bits per heavy atom. The van der Waals surface area contributed by atoms with Crippen LogP contribution in [-0.4, -0.2) is 71.8 Å². The fraction of sp³-hybridized carbons (Fsp3) is 0.870. The van der Waals surface area contributed by atoms with Crippen molar-refractivity contribution in [3.8, 4) is 0 Å². The summed E-state index contributed by atoms with van der Waals surface area (Å²) in [6, 6.07) is 0. The fourth-order valence-corrected chi connectivity index (χ4v) is 3.95. The average molecular weight is 440 g/mol. The van der Waals surface area contributed by atoms with E-state index < -0.39 is 11.2 Å². The van der Waals surface area contributed by atoms with E-state index in [1.165, 1.54) is 0 Å². The Morgan fingerprint density at radius 2 is 1.26 bits per heavy atom. The molecule has 31 heavy (non-hydrogen) atoms. The number of ether oxygens (including phenoxy) is 2. The van der Waals surface area contributed by atoms with E-state index >= 15 is 0 Å². The SMILES string of the molecule is CC(C)(C)OC(=O)NCC1CCN(C(=O)CC2CCN(C(=O)OC(C)(C)C)CC2)CC1. The van der Waals surface area contributed by atoms with Crippen molar-refractivity contribution in [2.45, 2.75) is 84.8 Å². The van der Waals surface area contributed by atoms with E-state index in [9.17, 15) is 14.4 Å². The van der Waals surface area contributed by atoms with Gasteiger partial charge < -0.3 is 24.6 Å². The third-order valence-corrected chi connectivity index (χ3v) is 5.63. The molecule has 0 saturated carbocycles. The number of amides is 3. The van der Waals surface area contributed by atoms with Crippen molar-refractivity contribution in [1.82, 2.24) is 15.1 Å². The van der Waals surface area contributed by atoms with Crippen LogP contribution in [0.25, 0.3) is 0 Å². The summed E-state index contributed by atoms with van der Waals surface area (Å²) in [5.74, 6) is 0.889. The zero-order valence-electron chi connectivity index (χ0n) is 20.2. The molecule has 8 nitrogen and oxygen atoms in total. The first kappa shape index (κ1) is 25.3. The number of hydrogen-bond acceptors (Lipinski definition) is 5. The molecule has 0 unspecified atom stereocenters. The summed E-state index contributed by atoms with van der Waals surface area (Å²) in [6.07, 6.45) is 3.34. The van der Waals surface area contributed by atoms with E-state index in [1.54, 1.807) is 4.90 Å². The van der Waals surface area contributed by atoms with E-state index in [0.717, 1.165) is 38.8 Å². The van der Waals surface area contributed by atoms with Crippen molar-refractivity contribution in [1.29, 1.82) is 0 Å². The molecule has 178 valence electrons. The average Bonchev–Trinajstić information content (AvgIpc) is 2.64. The van der Waals surface area contributed by atoms with E-state index in [0.29, 0.717) is 37.9 Å². The molecule has 3 amide bonds. The summed E-state index contributed by atoms with van der Waals surface area (Å²) in [6.45, 7) is 14.5. The molecule has 2 aliphatic heterocycles. The molecule has 0 spiro atoms. The van der Waals surface area contributed by atoms with Gasteiger partial charge in [0.1, 0.15) is 11.2 Å². The Balaban J connectivity index is 1.65. The maximum atomic E-state index is 12.7. The van der Waals surface area contributed by atoms with Crippen molar-refractivity contribution in [2.24, 2.45) is 11.8 Å². The lowest BCUT2D eigenvalue weighted by Gasteiger charge is -2.35. The van der Waals surface area contributed by atoms with Gasteiger partial charge in [0.2, 0.25) is 5.91 Å². The van der Waals surface area contributed by atoms with Gasteiger partial charge >= 0.3 is 12.2 Å². The summed E-state index contributed by atoms with van der Waals surface area (Å²) >= 11 is 0. The van der Waals surface area contributed by atoms with E-state index in [4.69, 9.17) is 9.47 Å². The minimum absolute atomic E-state index is 0.203. The molecular weight excluding hydrogens is 398 g/mol. The predicted molar refractivity (Wildman–Crippen MR) is 119 cm³/mol. The first-order valence-corrected chi connectivity index (χ1v) is 11.5. The highest BCUT2D eigenvalue weighted by Crippen LogP contribution is 2.25. The standard InChI is InChI=1S/C23H41N3O5/c1-22(2,3)30-20(28)24-16-18-9-11-25(12-10-18)19(27)15-17-7-13-26(14-8-17)21(29)31-23(4,5)6/h17-18H,7-16H2,1-6H3,(H,24,28). The molecule has 0 aromatic rings. The van der Waals surface area contributed by atoms with Gasteiger partial charge in [-0.15, -0.1) is 0 Å². The Hall–Kier alpha value is -1.99. The minimum Gasteiger partial charge on any atom is -0.444 e. The lowest BCUT2D eigenvalue weighted by atomic mass is 9.92. The molecule has 0 atom stereocenters. The number of nitrogens with zero attached hydrogens (tertiary/aromatic N) is 2. The first-order valence-electron chi connectivity index (χ1n) is 11.5. The number of alkyl carbamates (subject to hydrolysis) is 1. The van der Waals surface area contributed by atoms with Gasteiger partial charge in [0.15, 0.2) is 0 Å². The van der Waals surface area contributed by atoms with Crippen LogP contribution in [0, 0.1) is 11.8 Å². The number of hydrogen-bond donors (Lipinski definition) is 1. The molecule has 2 aliphatic rings. The van der Waals surface area contributed by atoms with Crippen molar-refractivity contribution >= 4 is 18.1 Å². The largest absolute Gasteiger partial charge is 0.444 e. The summed E-state index contributed by atoms with van der Waals surface area (Å²) in [5.41, 5.74) is -0.985. The summed E-state index contributed by atoms with van der Waals surface area (Å²) in [7, 11) is 0. The van der Waals surface area contributed by atoms with Crippen molar-refractivity contribution in [3.05, 3.63) is 0 Å². The Labute approximate surface area is 187 Å². The van der Waals surface area contributed by atoms with E-state index in [1.807, 2.05) is 46.4 Å². The highest BCUT2D eigenvalue weighted by Gasteiger charge is 2.30. The minimum atomic E-state index is -0.497. The molecule has 0 bridgehead atoms. The van der Waals surface area contributed by atoms with Crippen LogP contribution in [0.2, 0.25) is 0 Å². The van der Waals surface area contributed by atoms with Gasteiger partial charge in [0.05, 0.1) is 0 Å². The molecule has 8 heteroatoms. The van der Waals surface area contributed by atoms with Crippen LogP contribution in [0.1, 0.15) is 73.6 Å². The van der Waals surface area contributed by atoms with Gasteiger partial charge in [-0.1, -0.05) is 0 Å². The second-order valence-electron chi connectivity index (χ2n) is 10.8. The molecule has 2 saturated heterocycles. The first-order chi connectivity index (χ1) is 14.3. The molecule has 2 rings (SSSR count). The fourth-order valence-electron chi connectivity index (χ4n) is 3.95. The Kier molecular flexibility index (Phi) is 8.60. The van der Waals surface area contributed by atoms with Gasteiger partial charge in [0, 0.05) is 39.1 Å². The van der Waals surface area contributed by atoms with Gasteiger partial charge in [-0.3, -0.25) is 4.79 Å². The summed E-state index contributed by atoms with van der Waals surface area (Å²) < 4.78 is 10.7. The van der Waals surface area contributed by atoms with Gasteiger partial charge in [0.25, 0.3) is 0 Å². The zero-order chi connectivity index (χ0) is 23.2. The van der Waals surface area contributed by atoms with Crippen LogP contribution in [0.5, 0.6) is 0 Å². The monoisotopic (exact) mass is 439 g/mol. The Morgan fingerprint density at radius 1 is 0.774 bits per heavy atom. The molecule has 0 aliphatic carbocycles.